The van der Waals surface area contributed by atoms with Crippen LogP contribution in [0.3, 0.4) is 0 Å². The monoisotopic (exact) mass is 136 g/mol. The van der Waals surface area contributed by atoms with Crippen molar-refractivity contribution in [3.8, 4) is 0 Å². The third-order valence-electron chi connectivity index (χ3n) is 1.57. The van der Waals surface area contributed by atoms with Gasteiger partial charge in [-0.3, -0.25) is 0 Å². The minimum atomic E-state index is -0.289. The average Bonchev–Trinajstić information content (AvgIpc) is 1.88. The van der Waals surface area contributed by atoms with E-state index in [1.165, 1.54) is 0 Å². The molecular weight excluding hydrogens is 124 g/mol. The molecule has 1 unspecified atom stereocenters. The first-order chi connectivity index (χ1) is 4.70. The molecule has 0 aromatic rings. The second-order valence-corrected chi connectivity index (χ2v) is 2.60. The Bertz CT molecular complexity index is 199. The summed E-state index contributed by atoms with van der Waals surface area (Å²) in [7, 11) is 0. The van der Waals surface area contributed by atoms with Crippen molar-refractivity contribution in [1.29, 1.82) is 0 Å². The van der Waals surface area contributed by atoms with Gasteiger partial charge in [-0.15, -0.1) is 0 Å². The van der Waals surface area contributed by atoms with E-state index in [1.807, 2.05) is 19.1 Å². The van der Waals surface area contributed by atoms with Crippen molar-refractivity contribution in [1.82, 2.24) is 0 Å². The zero-order valence-electron chi connectivity index (χ0n) is 6.17. The maximum absolute atomic E-state index is 9.05. The molecule has 1 N–H and O–H groups in total. The maximum Gasteiger partial charge on any atom is 0.0758 e. The number of allylic oxidation sites excluding steroid dienone is 3. The predicted molar refractivity (Wildman–Crippen MR) is 42.7 cm³/mol. The first-order valence-corrected chi connectivity index (χ1v) is 3.42. The van der Waals surface area contributed by atoms with Crippen molar-refractivity contribution >= 4 is 0 Å². The zero-order chi connectivity index (χ0) is 7.56. The Morgan fingerprint density at radius 1 is 1.80 bits per heavy atom. The molecule has 0 heterocycles. The normalized spacial score (nSPS) is 24.2. The summed E-state index contributed by atoms with van der Waals surface area (Å²) in [5.41, 5.74) is 2.20. The molecule has 0 radical (unpaired) electrons. The van der Waals surface area contributed by atoms with E-state index in [2.05, 4.69) is 6.58 Å². The van der Waals surface area contributed by atoms with Crippen LogP contribution in [0.1, 0.15) is 13.3 Å². The highest BCUT2D eigenvalue weighted by atomic mass is 16.3. The van der Waals surface area contributed by atoms with Gasteiger partial charge in [0.15, 0.2) is 0 Å². The largest absolute Gasteiger partial charge is 0.389 e. The highest BCUT2D eigenvalue weighted by Gasteiger charge is 2.03. The Morgan fingerprint density at radius 2 is 2.50 bits per heavy atom. The molecule has 1 aliphatic rings. The van der Waals surface area contributed by atoms with Crippen molar-refractivity contribution in [2.45, 2.75) is 19.4 Å². The molecule has 0 saturated heterocycles. The van der Waals surface area contributed by atoms with Crippen LogP contribution in [0.4, 0.5) is 0 Å². The molecule has 1 nitrogen and oxygen atoms in total. The van der Waals surface area contributed by atoms with Crippen molar-refractivity contribution in [3.05, 3.63) is 36.0 Å². The summed E-state index contributed by atoms with van der Waals surface area (Å²) >= 11 is 0. The van der Waals surface area contributed by atoms with Crippen LogP contribution in [0, 0.1) is 0 Å². The molecule has 0 amide bonds. The van der Waals surface area contributed by atoms with E-state index in [9.17, 15) is 0 Å². The zero-order valence-corrected chi connectivity index (χ0v) is 6.17. The molecule has 1 aliphatic carbocycles. The second-order valence-electron chi connectivity index (χ2n) is 2.60. The number of aliphatic hydroxyl groups excluding tert-OH is 1. The van der Waals surface area contributed by atoms with Gasteiger partial charge >= 0.3 is 0 Å². The molecule has 1 atom stereocenters. The van der Waals surface area contributed by atoms with Crippen molar-refractivity contribution in [2.75, 3.05) is 0 Å². The topological polar surface area (TPSA) is 20.2 Å². The lowest BCUT2D eigenvalue weighted by Gasteiger charge is -2.09. The van der Waals surface area contributed by atoms with Gasteiger partial charge in [-0.1, -0.05) is 30.4 Å². The molecule has 0 saturated carbocycles. The van der Waals surface area contributed by atoms with E-state index < -0.39 is 0 Å². The fourth-order valence-electron chi connectivity index (χ4n) is 0.926. The third-order valence-corrected chi connectivity index (χ3v) is 1.57. The highest BCUT2D eigenvalue weighted by molar-refractivity contribution is 5.38. The smallest absolute Gasteiger partial charge is 0.0758 e. The van der Waals surface area contributed by atoms with Crippen molar-refractivity contribution in [3.63, 3.8) is 0 Å². The van der Waals surface area contributed by atoms with Gasteiger partial charge in [-0.25, -0.2) is 0 Å². The van der Waals surface area contributed by atoms with E-state index in [4.69, 9.17) is 5.11 Å². The summed E-state index contributed by atoms with van der Waals surface area (Å²) in [6, 6.07) is 0. The third kappa shape index (κ3) is 1.58. The van der Waals surface area contributed by atoms with E-state index in [0.717, 1.165) is 17.6 Å². The fraction of sp³-hybridized carbons (Fsp3) is 0.333. The van der Waals surface area contributed by atoms with Gasteiger partial charge < -0.3 is 5.11 Å². The van der Waals surface area contributed by atoms with Gasteiger partial charge in [-0.05, 0) is 18.9 Å². The van der Waals surface area contributed by atoms with Crippen LogP contribution in [0.25, 0.3) is 0 Å². The summed E-state index contributed by atoms with van der Waals surface area (Å²) in [5.74, 6) is 0. The fourth-order valence-corrected chi connectivity index (χ4v) is 0.926. The van der Waals surface area contributed by atoms with Gasteiger partial charge in [0.2, 0.25) is 0 Å². The SMILES string of the molecule is C=C(C)C1=CCC(O)C=C1. The first kappa shape index (κ1) is 7.29. The summed E-state index contributed by atoms with van der Waals surface area (Å²) in [5, 5.41) is 9.05. The Balaban J connectivity index is 2.67. The molecule has 1 rings (SSSR count). The van der Waals surface area contributed by atoms with E-state index in [-0.39, 0.29) is 6.10 Å². The van der Waals surface area contributed by atoms with Crippen LogP contribution in [-0.4, -0.2) is 11.2 Å². The summed E-state index contributed by atoms with van der Waals surface area (Å²) in [4.78, 5) is 0. The number of hydrogen-bond acceptors (Lipinski definition) is 1. The maximum atomic E-state index is 9.05. The molecule has 0 spiro atoms. The summed E-state index contributed by atoms with van der Waals surface area (Å²) in [6.45, 7) is 5.77. The lowest BCUT2D eigenvalue weighted by molar-refractivity contribution is 0.225. The molecule has 1 heteroatoms. The molecule has 0 fully saturated rings. The average molecular weight is 136 g/mol. The molecule has 10 heavy (non-hydrogen) atoms. The summed E-state index contributed by atoms with van der Waals surface area (Å²) < 4.78 is 0. The lowest BCUT2D eigenvalue weighted by Crippen LogP contribution is -2.04. The van der Waals surface area contributed by atoms with Gasteiger partial charge in [0.1, 0.15) is 0 Å². The van der Waals surface area contributed by atoms with E-state index in [0.29, 0.717) is 0 Å². The molecule has 0 aromatic carbocycles. The van der Waals surface area contributed by atoms with E-state index >= 15 is 0 Å². The quantitative estimate of drug-likeness (QED) is 0.583. The Hall–Kier alpha value is -0.820. The van der Waals surface area contributed by atoms with Gasteiger partial charge in [0, 0.05) is 0 Å². The molecule has 0 aliphatic heterocycles. The summed E-state index contributed by atoms with van der Waals surface area (Å²) in [6.07, 6.45) is 6.15. The Morgan fingerprint density at radius 3 is 2.90 bits per heavy atom. The van der Waals surface area contributed by atoms with Crippen LogP contribution in [-0.2, 0) is 0 Å². The lowest BCUT2D eigenvalue weighted by atomic mass is 10.0. The molecule has 0 bridgehead atoms. The first-order valence-electron chi connectivity index (χ1n) is 3.42. The minimum Gasteiger partial charge on any atom is -0.389 e. The standard InChI is InChI=1S/C9H12O/c1-7(2)8-3-5-9(10)6-4-8/h3-5,9-10H,1,6H2,2H3. The highest BCUT2D eigenvalue weighted by Crippen LogP contribution is 2.15. The predicted octanol–water partition coefficient (Wildman–Crippen LogP) is 1.81. The number of hydrogen-bond donors (Lipinski definition) is 1. The number of aliphatic hydroxyl groups is 1. The van der Waals surface area contributed by atoms with Crippen LogP contribution in [0.15, 0.2) is 36.0 Å². The van der Waals surface area contributed by atoms with Gasteiger partial charge in [0.05, 0.1) is 6.10 Å². The molecule has 0 aromatic heterocycles. The van der Waals surface area contributed by atoms with Crippen LogP contribution in [0.5, 0.6) is 0 Å². The van der Waals surface area contributed by atoms with Crippen molar-refractivity contribution < 1.29 is 5.11 Å². The second kappa shape index (κ2) is 2.84. The van der Waals surface area contributed by atoms with Crippen molar-refractivity contribution in [2.24, 2.45) is 0 Å². The van der Waals surface area contributed by atoms with Crippen LogP contribution >= 0.6 is 0 Å². The number of rotatable bonds is 1. The van der Waals surface area contributed by atoms with Gasteiger partial charge in [0.25, 0.3) is 0 Å². The Kier molecular flexibility index (Phi) is 2.07. The molecular formula is C9H12O. The van der Waals surface area contributed by atoms with Crippen LogP contribution in [0.2, 0.25) is 0 Å². The molecule has 54 valence electrons. The Labute approximate surface area is 61.4 Å². The van der Waals surface area contributed by atoms with Crippen LogP contribution < -0.4 is 0 Å². The van der Waals surface area contributed by atoms with Gasteiger partial charge in [-0.2, -0.15) is 0 Å². The van der Waals surface area contributed by atoms with E-state index in [1.54, 1.807) is 6.08 Å². The minimum absolute atomic E-state index is 0.289.